The Kier molecular flexibility index (Phi) is 7.31. The molecule has 0 amide bonds. The number of hydrogen-bond donors (Lipinski definition) is 1. The van der Waals surface area contributed by atoms with Gasteiger partial charge in [-0.3, -0.25) is 0 Å². The van der Waals surface area contributed by atoms with Crippen LogP contribution in [0.5, 0.6) is 5.75 Å². The minimum absolute atomic E-state index is 0.301. The molecule has 0 fully saturated rings. The lowest BCUT2D eigenvalue weighted by Crippen LogP contribution is -2.08. The van der Waals surface area contributed by atoms with E-state index in [0.717, 1.165) is 22.6 Å². The van der Waals surface area contributed by atoms with Crippen LogP contribution >= 0.6 is 11.6 Å². The van der Waals surface area contributed by atoms with Crippen molar-refractivity contribution in [2.45, 2.75) is 13.5 Å². The molecule has 0 aliphatic carbocycles. The van der Waals surface area contributed by atoms with E-state index in [0.29, 0.717) is 23.8 Å². The second kappa shape index (κ2) is 10.3. The summed E-state index contributed by atoms with van der Waals surface area (Å²) in [5.74, 6) is 0.332. The fraction of sp³-hybridized carbons (Fsp3) is 0.125. The molecule has 0 aliphatic heterocycles. The van der Waals surface area contributed by atoms with Gasteiger partial charge in [-0.05, 0) is 54.4 Å². The van der Waals surface area contributed by atoms with Gasteiger partial charge in [0.25, 0.3) is 0 Å². The highest BCUT2D eigenvalue weighted by Crippen LogP contribution is 2.22. The maximum absolute atomic E-state index is 12.4. The Morgan fingerprint density at radius 1 is 0.966 bits per heavy atom. The smallest absolute Gasteiger partial charge is 0.340 e. The Hall–Kier alpha value is -3.24. The van der Waals surface area contributed by atoms with Crippen LogP contribution in [0.2, 0.25) is 5.02 Å². The van der Waals surface area contributed by atoms with Gasteiger partial charge in [-0.1, -0.05) is 54.1 Å². The summed E-state index contributed by atoms with van der Waals surface area (Å²) in [5.41, 5.74) is 3.07. The second-order valence-corrected chi connectivity index (χ2v) is 6.66. The van der Waals surface area contributed by atoms with Gasteiger partial charge in [0.1, 0.15) is 12.4 Å². The molecule has 0 bridgehead atoms. The third kappa shape index (κ3) is 6.13. The van der Waals surface area contributed by atoms with Crippen LogP contribution in [0.25, 0.3) is 5.57 Å². The first-order valence-corrected chi connectivity index (χ1v) is 9.70. The average molecular weight is 408 g/mol. The van der Waals surface area contributed by atoms with E-state index in [2.05, 4.69) is 5.32 Å². The number of nitrogens with one attached hydrogen (secondary N) is 1. The number of carbonyl (C=O) groups is 1. The van der Waals surface area contributed by atoms with Gasteiger partial charge in [0.15, 0.2) is 0 Å². The van der Waals surface area contributed by atoms with Crippen molar-refractivity contribution in [2.75, 3.05) is 11.9 Å². The largest absolute Gasteiger partial charge is 0.489 e. The summed E-state index contributed by atoms with van der Waals surface area (Å²) in [5, 5.41) is 3.77. The van der Waals surface area contributed by atoms with E-state index in [-0.39, 0.29) is 0 Å². The summed E-state index contributed by atoms with van der Waals surface area (Å²) in [6, 6.07) is 24.5. The molecule has 4 nitrogen and oxygen atoms in total. The first kappa shape index (κ1) is 20.5. The van der Waals surface area contributed by atoms with E-state index >= 15 is 0 Å². The molecule has 3 rings (SSSR count). The zero-order valence-corrected chi connectivity index (χ0v) is 16.9. The first-order chi connectivity index (χ1) is 14.2. The normalized spacial score (nSPS) is 11.0. The molecule has 0 atom stereocenters. The highest BCUT2D eigenvalue weighted by Gasteiger charge is 2.13. The number of carbonyl (C=O) groups excluding carboxylic acids is 1. The van der Waals surface area contributed by atoms with Crippen LogP contribution in [0.15, 0.2) is 85.1 Å². The fourth-order valence-electron chi connectivity index (χ4n) is 2.64. The summed E-state index contributed by atoms with van der Waals surface area (Å²) in [7, 11) is 0. The second-order valence-electron chi connectivity index (χ2n) is 6.23. The molecule has 0 saturated carbocycles. The summed E-state index contributed by atoms with van der Waals surface area (Å²) in [6.45, 7) is 2.57. The molecule has 0 aliphatic rings. The number of anilines is 1. The summed E-state index contributed by atoms with van der Waals surface area (Å²) >= 11 is 5.91. The lowest BCUT2D eigenvalue weighted by atomic mass is 10.1. The molecule has 148 valence electrons. The average Bonchev–Trinajstić information content (AvgIpc) is 2.75. The van der Waals surface area contributed by atoms with Crippen LogP contribution in [0.4, 0.5) is 5.69 Å². The quantitative estimate of drug-likeness (QED) is 0.371. The third-order valence-corrected chi connectivity index (χ3v) is 4.39. The van der Waals surface area contributed by atoms with E-state index in [9.17, 15) is 4.79 Å². The standard InChI is InChI=1S/C24H22ClNO3/c1-2-28-24(27)23(16-26-21-12-10-20(25)11-13-21)19-8-14-22(15-9-19)29-17-18-6-4-3-5-7-18/h3-16,26H,2,17H2,1H3/b23-16+. The lowest BCUT2D eigenvalue weighted by Gasteiger charge is -2.11. The first-order valence-electron chi connectivity index (χ1n) is 9.32. The van der Waals surface area contributed by atoms with Crippen molar-refractivity contribution in [2.24, 2.45) is 0 Å². The van der Waals surface area contributed by atoms with Crippen LogP contribution in [-0.4, -0.2) is 12.6 Å². The molecular weight excluding hydrogens is 386 g/mol. The van der Waals surface area contributed by atoms with E-state index in [1.54, 1.807) is 25.3 Å². The number of rotatable bonds is 8. The summed E-state index contributed by atoms with van der Waals surface area (Å²) in [6.07, 6.45) is 1.64. The van der Waals surface area contributed by atoms with E-state index in [1.165, 1.54) is 0 Å². The van der Waals surface area contributed by atoms with Crippen LogP contribution < -0.4 is 10.1 Å². The van der Waals surface area contributed by atoms with Crippen LogP contribution in [-0.2, 0) is 16.1 Å². The van der Waals surface area contributed by atoms with Gasteiger partial charge in [0.05, 0.1) is 12.2 Å². The molecule has 1 N–H and O–H groups in total. The molecule has 0 unspecified atom stereocenters. The van der Waals surface area contributed by atoms with Gasteiger partial charge < -0.3 is 14.8 Å². The minimum atomic E-state index is -0.396. The monoisotopic (exact) mass is 407 g/mol. The number of hydrogen-bond acceptors (Lipinski definition) is 4. The molecule has 0 heterocycles. The number of ether oxygens (including phenoxy) is 2. The van der Waals surface area contributed by atoms with Gasteiger partial charge in [-0.25, -0.2) is 4.79 Å². The van der Waals surface area contributed by atoms with Crippen molar-refractivity contribution in [3.8, 4) is 5.75 Å². The minimum Gasteiger partial charge on any atom is -0.489 e. The van der Waals surface area contributed by atoms with Crippen molar-refractivity contribution in [1.82, 2.24) is 0 Å². The molecule has 0 spiro atoms. The molecular formula is C24H22ClNO3. The lowest BCUT2D eigenvalue weighted by molar-refractivity contribution is -0.136. The molecule has 0 saturated heterocycles. The number of halogens is 1. The number of esters is 1. The van der Waals surface area contributed by atoms with Gasteiger partial charge in [-0.2, -0.15) is 0 Å². The zero-order chi connectivity index (χ0) is 20.5. The number of benzene rings is 3. The van der Waals surface area contributed by atoms with Gasteiger partial charge in [0.2, 0.25) is 0 Å². The van der Waals surface area contributed by atoms with E-state index < -0.39 is 5.97 Å². The Morgan fingerprint density at radius 3 is 2.31 bits per heavy atom. The van der Waals surface area contributed by atoms with E-state index in [1.807, 2.05) is 66.7 Å². The topological polar surface area (TPSA) is 47.6 Å². The van der Waals surface area contributed by atoms with Crippen molar-refractivity contribution in [3.63, 3.8) is 0 Å². The Morgan fingerprint density at radius 2 is 1.66 bits per heavy atom. The Labute approximate surface area is 175 Å². The highest BCUT2D eigenvalue weighted by atomic mass is 35.5. The predicted molar refractivity (Wildman–Crippen MR) is 117 cm³/mol. The summed E-state index contributed by atoms with van der Waals surface area (Å²) in [4.78, 5) is 12.4. The Balaban J connectivity index is 1.73. The maximum atomic E-state index is 12.4. The van der Waals surface area contributed by atoms with Gasteiger partial charge >= 0.3 is 5.97 Å². The van der Waals surface area contributed by atoms with Crippen LogP contribution in [0, 0.1) is 0 Å². The predicted octanol–water partition coefficient (Wildman–Crippen LogP) is 5.94. The maximum Gasteiger partial charge on any atom is 0.340 e. The molecule has 3 aromatic carbocycles. The molecule has 3 aromatic rings. The third-order valence-electron chi connectivity index (χ3n) is 4.14. The zero-order valence-electron chi connectivity index (χ0n) is 16.1. The van der Waals surface area contributed by atoms with Crippen molar-refractivity contribution in [3.05, 3.63) is 101 Å². The molecule has 5 heteroatoms. The summed E-state index contributed by atoms with van der Waals surface area (Å²) < 4.78 is 11.0. The SMILES string of the molecule is CCOC(=O)/C(=C/Nc1ccc(Cl)cc1)c1ccc(OCc2ccccc2)cc1. The van der Waals surface area contributed by atoms with Crippen molar-refractivity contribution >= 4 is 28.8 Å². The van der Waals surface area contributed by atoms with Crippen molar-refractivity contribution in [1.29, 1.82) is 0 Å². The fourth-order valence-corrected chi connectivity index (χ4v) is 2.77. The van der Waals surface area contributed by atoms with E-state index in [4.69, 9.17) is 21.1 Å². The van der Waals surface area contributed by atoms with Crippen LogP contribution in [0.3, 0.4) is 0 Å². The molecule has 29 heavy (non-hydrogen) atoms. The van der Waals surface area contributed by atoms with Crippen molar-refractivity contribution < 1.29 is 14.3 Å². The molecule has 0 aromatic heterocycles. The highest BCUT2D eigenvalue weighted by molar-refractivity contribution is 6.30. The van der Waals surface area contributed by atoms with Gasteiger partial charge in [-0.15, -0.1) is 0 Å². The Bertz CT molecular complexity index is 952. The van der Waals surface area contributed by atoms with Crippen LogP contribution in [0.1, 0.15) is 18.1 Å². The molecule has 0 radical (unpaired) electrons. The van der Waals surface area contributed by atoms with Gasteiger partial charge in [0, 0.05) is 16.9 Å².